The highest BCUT2D eigenvalue weighted by Crippen LogP contribution is 2.30. The maximum Gasteiger partial charge on any atom is 0.184 e. The fourth-order valence-electron chi connectivity index (χ4n) is 1.24. The van der Waals surface area contributed by atoms with Gasteiger partial charge < -0.3 is 10.3 Å². The van der Waals surface area contributed by atoms with E-state index in [9.17, 15) is 4.39 Å². The lowest BCUT2D eigenvalue weighted by atomic mass is 9.91. The van der Waals surface area contributed by atoms with E-state index >= 15 is 0 Å². The van der Waals surface area contributed by atoms with Gasteiger partial charge in [0.25, 0.3) is 0 Å². The molecule has 1 atom stereocenters. The standard InChI is InChI=1S/C8H15FN4/c1-6(2)8(9,4-10)7-12-11-5-13(7)3/h5-6H,4,10H2,1-3H3. The van der Waals surface area contributed by atoms with Gasteiger partial charge in [-0.25, -0.2) is 4.39 Å². The van der Waals surface area contributed by atoms with E-state index in [0.29, 0.717) is 5.82 Å². The second-order valence-electron chi connectivity index (χ2n) is 3.49. The number of hydrogen-bond donors (Lipinski definition) is 1. The summed E-state index contributed by atoms with van der Waals surface area (Å²) in [5, 5.41) is 7.37. The van der Waals surface area contributed by atoms with E-state index in [1.54, 1.807) is 25.5 Å². The van der Waals surface area contributed by atoms with Gasteiger partial charge in [-0.15, -0.1) is 10.2 Å². The predicted molar refractivity (Wildman–Crippen MR) is 47.7 cm³/mol. The van der Waals surface area contributed by atoms with Gasteiger partial charge in [-0.3, -0.25) is 0 Å². The highest BCUT2D eigenvalue weighted by Gasteiger charge is 2.38. The topological polar surface area (TPSA) is 56.7 Å². The molecule has 0 spiro atoms. The third-order valence-corrected chi connectivity index (χ3v) is 2.30. The molecule has 0 radical (unpaired) electrons. The van der Waals surface area contributed by atoms with Gasteiger partial charge in [0.05, 0.1) is 0 Å². The fraction of sp³-hybridized carbons (Fsp3) is 0.750. The number of halogens is 1. The summed E-state index contributed by atoms with van der Waals surface area (Å²) in [6.45, 7) is 3.49. The fourth-order valence-corrected chi connectivity index (χ4v) is 1.24. The summed E-state index contributed by atoms with van der Waals surface area (Å²) in [5.74, 6) is 0.0883. The Kier molecular flexibility index (Phi) is 2.66. The van der Waals surface area contributed by atoms with E-state index in [1.807, 2.05) is 0 Å². The summed E-state index contributed by atoms with van der Waals surface area (Å²) in [4.78, 5) is 0. The molecule has 74 valence electrons. The molecule has 2 N–H and O–H groups in total. The molecule has 1 rings (SSSR count). The molecule has 0 aliphatic rings. The van der Waals surface area contributed by atoms with Gasteiger partial charge in [-0.2, -0.15) is 0 Å². The highest BCUT2D eigenvalue weighted by atomic mass is 19.1. The van der Waals surface area contributed by atoms with Crippen molar-refractivity contribution in [2.24, 2.45) is 18.7 Å². The monoisotopic (exact) mass is 186 g/mol. The average molecular weight is 186 g/mol. The Hall–Kier alpha value is -0.970. The van der Waals surface area contributed by atoms with Crippen molar-refractivity contribution in [1.29, 1.82) is 0 Å². The molecule has 1 aromatic rings. The van der Waals surface area contributed by atoms with Gasteiger partial charge >= 0.3 is 0 Å². The summed E-state index contributed by atoms with van der Waals surface area (Å²) in [6.07, 6.45) is 1.47. The quantitative estimate of drug-likeness (QED) is 0.751. The Bertz CT molecular complexity index is 283. The lowest BCUT2D eigenvalue weighted by Crippen LogP contribution is -2.38. The van der Waals surface area contributed by atoms with Gasteiger partial charge in [0.15, 0.2) is 11.5 Å². The molecule has 1 aromatic heterocycles. The van der Waals surface area contributed by atoms with E-state index in [-0.39, 0.29) is 12.5 Å². The van der Waals surface area contributed by atoms with Crippen molar-refractivity contribution >= 4 is 0 Å². The number of aryl methyl sites for hydroxylation is 1. The molecule has 5 heteroatoms. The van der Waals surface area contributed by atoms with Crippen molar-refractivity contribution < 1.29 is 4.39 Å². The van der Waals surface area contributed by atoms with Crippen LogP contribution in [0.4, 0.5) is 4.39 Å². The Labute approximate surface area is 77.0 Å². The van der Waals surface area contributed by atoms with Crippen LogP contribution in [0.2, 0.25) is 0 Å². The average Bonchev–Trinajstić information content (AvgIpc) is 2.50. The van der Waals surface area contributed by atoms with Gasteiger partial charge in [0.2, 0.25) is 0 Å². The molecular weight excluding hydrogens is 171 g/mol. The minimum atomic E-state index is -1.58. The van der Waals surface area contributed by atoms with E-state index in [4.69, 9.17) is 5.73 Å². The largest absolute Gasteiger partial charge is 0.327 e. The van der Waals surface area contributed by atoms with Crippen LogP contribution in [0.1, 0.15) is 19.7 Å². The molecule has 0 saturated carbocycles. The normalized spacial score (nSPS) is 16.2. The summed E-state index contributed by atoms with van der Waals surface area (Å²) >= 11 is 0. The predicted octanol–water partition coefficient (Wildman–Crippen LogP) is 0.595. The van der Waals surface area contributed by atoms with E-state index in [1.165, 1.54) is 6.33 Å². The van der Waals surface area contributed by atoms with Gasteiger partial charge in [-0.1, -0.05) is 13.8 Å². The van der Waals surface area contributed by atoms with Crippen LogP contribution in [-0.4, -0.2) is 21.3 Å². The lowest BCUT2D eigenvalue weighted by Gasteiger charge is -2.26. The van der Waals surface area contributed by atoms with Crippen LogP contribution in [-0.2, 0) is 12.7 Å². The number of hydrogen-bond acceptors (Lipinski definition) is 3. The molecule has 0 aliphatic carbocycles. The van der Waals surface area contributed by atoms with Gasteiger partial charge in [-0.05, 0) is 5.92 Å². The molecule has 0 aliphatic heterocycles. The van der Waals surface area contributed by atoms with Crippen LogP contribution in [0.5, 0.6) is 0 Å². The van der Waals surface area contributed by atoms with Crippen LogP contribution in [0.15, 0.2) is 6.33 Å². The zero-order chi connectivity index (χ0) is 10.1. The Morgan fingerprint density at radius 1 is 1.69 bits per heavy atom. The van der Waals surface area contributed by atoms with Crippen LogP contribution >= 0.6 is 0 Å². The van der Waals surface area contributed by atoms with Gasteiger partial charge in [0.1, 0.15) is 6.33 Å². The first kappa shape index (κ1) is 10.1. The third-order valence-electron chi connectivity index (χ3n) is 2.30. The van der Waals surface area contributed by atoms with Crippen molar-refractivity contribution in [2.75, 3.05) is 6.54 Å². The maximum absolute atomic E-state index is 14.2. The number of nitrogens with zero attached hydrogens (tertiary/aromatic N) is 3. The lowest BCUT2D eigenvalue weighted by molar-refractivity contribution is 0.0939. The van der Waals surface area contributed by atoms with Crippen LogP contribution < -0.4 is 5.73 Å². The Morgan fingerprint density at radius 2 is 2.31 bits per heavy atom. The minimum Gasteiger partial charge on any atom is -0.327 e. The minimum absolute atomic E-state index is 0.0722. The van der Waals surface area contributed by atoms with Crippen LogP contribution in [0.3, 0.4) is 0 Å². The Morgan fingerprint density at radius 3 is 2.62 bits per heavy atom. The van der Waals surface area contributed by atoms with Crippen molar-refractivity contribution in [3.63, 3.8) is 0 Å². The number of rotatable bonds is 3. The third kappa shape index (κ3) is 1.56. The van der Waals surface area contributed by atoms with Crippen molar-refractivity contribution in [1.82, 2.24) is 14.8 Å². The van der Waals surface area contributed by atoms with Crippen molar-refractivity contribution in [3.8, 4) is 0 Å². The molecule has 1 heterocycles. The smallest absolute Gasteiger partial charge is 0.184 e. The molecule has 13 heavy (non-hydrogen) atoms. The summed E-state index contributed by atoms with van der Waals surface area (Å²) in [6, 6.07) is 0. The first-order chi connectivity index (χ1) is 6.02. The summed E-state index contributed by atoms with van der Waals surface area (Å²) in [7, 11) is 1.71. The van der Waals surface area contributed by atoms with Gasteiger partial charge in [0, 0.05) is 13.6 Å². The summed E-state index contributed by atoms with van der Waals surface area (Å²) < 4.78 is 15.8. The summed E-state index contributed by atoms with van der Waals surface area (Å²) in [5.41, 5.74) is 3.83. The van der Waals surface area contributed by atoms with Crippen LogP contribution in [0, 0.1) is 5.92 Å². The number of alkyl halides is 1. The first-order valence-corrected chi connectivity index (χ1v) is 4.25. The highest BCUT2D eigenvalue weighted by molar-refractivity contribution is 5.04. The number of aromatic nitrogens is 3. The Balaban J connectivity index is 3.10. The van der Waals surface area contributed by atoms with E-state index in [2.05, 4.69) is 10.2 Å². The van der Waals surface area contributed by atoms with Crippen LogP contribution in [0.25, 0.3) is 0 Å². The van der Waals surface area contributed by atoms with Crippen molar-refractivity contribution in [2.45, 2.75) is 19.5 Å². The second-order valence-corrected chi connectivity index (χ2v) is 3.49. The molecule has 0 amide bonds. The van der Waals surface area contributed by atoms with E-state index in [0.717, 1.165) is 0 Å². The molecular formula is C8H15FN4. The molecule has 0 bridgehead atoms. The maximum atomic E-state index is 14.2. The number of nitrogens with two attached hydrogens (primary N) is 1. The second kappa shape index (κ2) is 3.41. The zero-order valence-electron chi connectivity index (χ0n) is 8.16. The zero-order valence-corrected chi connectivity index (χ0v) is 8.16. The first-order valence-electron chi connectivity index (χ1n) is 4.25. The van der Waals surface area contributed by atoms with E-state index < -0.39 is 5.67 Å². The molecule has 0 fully saturated rings. The molecule has 0 aromatic carbocycles. The molecule has 1 unspecified atom stereocenters. The molecule has 0 saturated heterocycles. The SMILES string of the molecule is CC(C)C(F)(CN)c1nncn1C. The molecule has 4 nitrogen and oxygen atoms in total. The van der Waals surface area contributed by atoms with Crippen molar-refractivity contribution in [3.05, 3.63) is 12.2 Å².